The molecule has 0 spiro atoms. The molecule has 0 rings (SSSR count). The molecule has 0 aromatic heterocycles. The van der Waals surface area contributed by atoms with Gasteiger partial charge in [0.05, 0.1) is 0 Å². The standard InChI is InChI=1S/C7H14N2O2/c1-4-6(8-10)7(9-11)5(2)3/h5-7H,4H2,1-3H3. The second-order valence-electron chi connectivity index (χ2n) is 2.92. The smallest absolute Gasteiger partial charge is 0.120 e. The van der Waals surface area contributed by atoms with E-state index in [2.05, 4.69) is 10.4 Å². The monoisotopic (exact) mass is 158 g/mol. The third-order valence-corrected chi connectivity index (χ3v) is 1.75. The lowest BCUT2D eigenvalue weighted by Crippen LogP contribution is -2.26. The normalized spacial score (nSPS) is 16.0. The van der Waals surface area contributed by atoms with Gasteiger partial charge in [-0.15, -0.1) is 0 Å². The summed E-state index contributed by atoms with van der Waals surface area (Å²) >= 11 is 0. The predicted octanol–water partition coefficient (Wildman–Crippen LogP) is 2.32. The third kappa shape index (κ3) is 2.74. The lowest BCUT2D eigenvalue weighted by molar-refractivity contribution is 0.407. The van der Waals surface area contributed by atoms with Gasteiger partial charge < -0.3 is 0 Å². The van der Waals surface area contributed by atoms with Crippen molar-refractivity contribution < 1.29 is 0 Å². The summed E-state index contributed by atoms with van der Waals surface area (Å²) in [6.45, 7) is 5.55. The van der Waals surface area contributed by atoms with Crippen LogP contribution in [0, 0.1) is 15.7 Å². The van der Waals surface area contributed by atoms with Crippen molar-refractivity contribution in [3.05, 3.63) is 9.81 Å². The van der Waals surface area contributed by atoms with Crippen molar-refractivity contribution in [2.24, 2.45) is 16.3 Å². The maximum atomic E-state index is 10.3. The predicted molar refractivity (Wildman–Crippen MR) is 44.3 cm³/mol. The molecule has 0 aromatic rings. The minimum absolute atomic E-state index is 0.0927. The molecule has 2 atom stereocenters. The van der Waals surface area contributed by atoms with Gasteiger partial charge in [0.2, 0.25) is 0 Å². The first-order valence-corrected chi connectivity index (χ1v) is 3.82. The summed E-state index contributed by atoms with van der Waals surface area (Å²) in [5, 5.41) is 5.74. The molecule has 0 aliphatic heterocycles. The van der Waals surface area contributed by atoms with Crippen LogP contribution < -0.4 is 0 Å². The highest BCUT2D eigenvalue weighted by molar-refractivity contribution is 4.82. The Balaban J connectivity index is 4.20. The topological polar surface area (TPSA) is 58.9 Å². The van der Waals surface area contributed by atoms with E-state index in [0.717, 1.165) is 0 Å². The Hall–Kier alpha value is -0.800. The lowest BCUT2D eigenvalue weighted by Gasteiger charge is -2.16. The SMILES string of the molecule is CCC(N=O)C(N=O)C(C)C. The molecule has 4 heteroatoms. The number of hydrogen-bond acceptors (Lipinski definition) is 4. The van der Waals surface area contributed by atoms with Crippen LogP contribution in [0.3, 0.4) is 0 Å². The molecular weight excluding hydrogens is 144 g/mol. The summed E-state index contributed by atoms with van der Waals surface area (Å²) in [6.07, 6.45) is 0.581. The van der Waals surface area contributed by atoms with Gasteiger partial charge >= 0.3 is 0 Å². The van der Waals surface area contributed by atoms with E-state index in [9.17, 15) is 9.81 Å². The van der Waals surface area contributed by atoms with Crippen LogP contribution in [-0.4, -0.2) is 12.1 Å². The van der Waals surface area contributed by atoms with E-state index in [1.165, 1.54) is 0 Å². The van der Waals surface area contributed by atoms with Crippen molar-refractivity contribution >= 4 is 0 Å². The quantitative estimate of drug-likeness (QED) is 0.576. The number of hydrogen-bond donors (Lipinski definition) is 0. The van der Waals surface area contributed by atoms with Crippen molar-refractivity contribution in [2.75, 3.05) is 0 Å². The van der Waals surface area contributed by atoms with E-state index < -0.39 is 12.1 Å². The second-order valence-corrected chi connectivity index (χ2v) is 2.92. The van der Waals surface area contributed by atoms with Crippen LogP contribution in [0.15, 0.2) is 10.4 Å². The second kappa shape index (κ2) is 4.93. The van der Waals surface area contributed by atoms with Gasteiger partial charge in [0, 0.05) is 0 Å². The van der Waals surface area contributed by atoms with Crippen LogP contribution in [0.4, 0.5) is 0 Å². The van der Waals surface area contributed by atoms with Gasteiger partial charge in [0.25, 0.3) is 0 Å². The highest BCUT2D eigenvalue weighted by Gasteiger charge is 2.24. The molecule has 0 aliphatic rings. The fourth-order valence-corrected chi connectivity index (χ4v) is 1.01. The first-order valence-electron chi connectivity index (χ1n) is 3.82. The van der Waals surface area contributed by atoms with Crippen LogP contribution in [0.5, 0.6) is 0 Å². The van der Waals surface area contributed by atoms with Crippen molar-refractivity contribution in [2.45, 2.75) is 39.3 Å². The van der Waals surface area contributed by atoms with Crippen molar-refractivity contribution in [3.63, 3.8) is 0 Å². The van der Waals surface area contributed by atoms with Crippen LogP contribution >= 0.6 is 0 Å². The zero-order valence-electron chi connectivity index (χ0n) is 7.15. The van der Waals surface area contributed by atoms with E-state index in [-0.39, 0.29) is 5.92 Å². The summed E-state index contributed by atoms with van der Waals surface area (Å²) in [5.74, 6) is 0.0927. The highest BCUT2D eigenvalue weighted by Crippen LogP contribution is 2.15. The molecule has 64 valence electrons. The van der Waals surface area contributed by atoms with E-state index >= 15 is 0 Å². The van der Waals surface area contributed by atoms with E-state index in [4.69, 9.17) is 0 Å². The maximum Gasteiger partial charge on any atom is 0.120 e. The number of rotatable bonds is 5. The Bertz CT molecular complexity index is 136. The third-order valence-electron chi connectivity index (χ3n) is 1.75. The Morgan fingerprint density at radius 1 is 1.18 bits per heavy atom. The molecule has 0 saturated heterocycles. The molecule has 0 fully saturated rings. The Morgan fingerprint density at radius 3 is 1.82 bits per heavy atom. The molecule has 0 radical (unpaired) electrons. The molecule has 0 amide bonds. The van der Waals surface area contributed by atoms with Crippen molar-refractivity contribution in [3.8, 4) is 0 Å². The fraction of sp³-hybridized carbons (Fsp3) is 1.00. The molecule has 11 heavy (non-hydrogen) atoms. The zero-order chi connectivity index (χ0) is 8.85. The fourth-order valence-electron chi connectivity index (χ4n) is 1.01. The van der Waals surface area contributed by atoms with Crippen LogP contribution in [0.2, 0.25) is 0 Å². The summed E-state index contributed by atoms with van der Waals surface area (Å²) in [4.78, 5) is 20.4. The van der Waals surface area contributed by atoms with Crippen LogP contribution in [0.1, 0.15) is 27.2 Å². The van der Waals surface area contributed by atoms with Crippen molar-refractivity contribution in [1.29, 1.82) is 0 Å². The van der Waals surface area contributed by atoms with Gasteiger partial charge in [0.1, 0.15) is 12.1 Å². The Kier molecular flexibility index (Phi) is 4.57. The van der Waals surface area contributed by atoms with Gasteiger partial charge in [-0.05, 0) is 12.3 Å². The average molecular weight is 158 g/mol. The van der Waals surface area contributed by atoms with Gasteiger partial charge in [-0.2, -0.15) is 9.81 Å². The van der Waals surface area contributed by atoms with Crippen molar-refractivity contribution in [1.82, 2.24) is 0 Å². The zero-order valence-corrected chi connectivity index (χ0v) is 7.15. The molecule has 4 nitrogen and oxygen atoms in total. The molecule has 0 heterocycles. The minimum Gasteiger partial charge on any atom is -0.150 e. The van der Waals surface area contributed by atoms with Gasteiger partial charge in [-0.25, -0.2) is 0 Å². The Labute approximate surface area is 66.3 Å². The summed E-state index contributed by atoms with van der Waals surface area (Å²) in [5.41, 5.74) is 0. The highest BCUT2D eigenvalue weighted by atomic mass is 16.3. The van der Waals surface area contributed by atoms with Gasteiger partial charge in [0.15, 0.2) is 0 Å². The first-order chi connectivity index (χ1) is 5.17. The minimum atomic E-state index is -0.461. The molecular formula is C7H14N2O2. The van der Waals surface area contributed by atoms with Gasteiger partial charge in [-0.1, -0.05) is 31.1 Å². The summed E-state index contributed by atoms with van der Waals surface area (Å²) < 4.78 is 0. The van der Waals surface area contributed by atoms with Crippen LogP contribution in [-0.2, 0) is 0 Å². The maximum absolute atomic E-state index is 10.3. The van der Waals surface area contributed by atoms with E-state index in [1.807, 2.05) is 20.8 Å². The first kappa shape index (κ1) is 10.2. The molecule has 0 saturated carbocycles. The van der Waals surface area contributed by atoms with E-state index in [1.54, 1.807) is 0 Å². The molecule has 0 bridgehead atoms. The lowest BCUT2D eigenvalue weighted by atomic mass is 9.96. The molecule has 2 unspecified atom stereocenters. The summed E-state index contributed by atoms with van der Waals surface area (Å²) in [7, 11) is 0. The largest absolute Gasteiger partial charge is 0.150 e. The number of nitroso groups, excluding NO2 is 2. The van der Waals surface area contributed by atoms with Gasteiger partial charge in [-0.3, -0.25) is 0 Å². The van der Waals surface area contributed by atoms with E-state index in [0.29, 0.717) is 6.42 Å². The molecule has 0 aliphatic carbocycles. The average Bonchev–Trinajstić information content (AvgIpc) is 1.99. The molecule has 0 aromatic carbocycles. The number of nitrogens with zero attached hydrogens (tertiary/aromatic N) is 2. The molecule has 0 N–H and O–H groups in total. The van der Waals surface area contributed by atoms with Crippen LogP contribution in [0.25, 0.3) is 0 Å². The Morgan fingerprint density at radius 2 is 1.73 bits per heavy atom. The summed E-state index contributed by atoms with van der Waals surface area (Å²) in [6, 6.07) is -0.912.